The van der Waals surface area contributed by atoms with E-state index in [-0.39, 0.29) is 18.3 Å². The maximum Gasteiger partial charge on any atom is 0.303 e. The first-order valence-electron chi connectivity index (χ1n) is 6.87. The number of pyridine rings is 1. The highest BCUT2D eigenvalue weighted by atomic mass is 16.5. The zero-order valence-corrected chi connectivity index (χ0v) is 13.1. The highest BCUT2D eigenvalue weighted by Gasteiger charge is 2.19. The van der Waals surface area contributed by atoms with Gasteiger partial charge in [0.2, 0.25) is 0 Å². The SMILES string of the molecule is COc1ccc(OC)c2c1c(=O)c(CCC(=O)O)c(C)n2C. The predicted octanol–water partition coefficient (Wildman–Crippen LogP) is 1.88. The van der Waals surface area contributed by atoms with E-state index < -0.39 is 5.97 Å². The molecule has 0 bridgehead atoms. The Kier molecular flexibility index (Phi) is 4.40. The first-order valence-corrected chi connectivity index (χ1v) is 6.87. The summed E-state index contributed by atoms with van der Waals surface area (Å²) in [4.78, 5) is 23.6. The van der Waals surface area contributed by atoms with E-state index in [1.807, 2.05) is 11.6 Å². The highest BCUT2D eigenvalue weighted by Crippen LogP contribution is 2.32. The smallest absolute Gasteiger partial charge is 0.303 e. The molecule has 0 amide bonds. The Bertz CT molecular complexity index is 791. The molecule has 0 saturated carbocycles. The van der Waals surface area contributed by atoms with E-state index in [1.54, 1.807) is 26.2 Å². The van der Waals surface area contributed by atoms with Gasteiger partial charge < -0.3 is 19.1 Å². The van der Waals surface area contributed by atoms with Gasteiger partial charge in [0, 0.05) is 24.7 Å². The predicted molar refractivity (Wildman–Crippen MR) is 83.0 cm³/mol. The molecule has 0 aliphatic rings. The number of nitrogens with zero attached hydrogens (tertiary/aromatic N) is 1. The normalized spacial score (nSPS) is 10.7. The Labute approximate surface area is 127 Å². The lowest BCUT2D eigenvalue weighted by atomic mass is 10.0. The van der Waals surface area contributed by atoms with Crippen molar-refractivity contribution in [2.24, 2.45) is 7.05 Å². The van der Waals surface area contributed by atoms with Gasteiger partial charge in [-0.1, -0.05) is 0 Å². The van der Waals surface area contributed by atoms with Crippen LogP contribution in [0.3, 0.4) is 0 Å². The third-order valence-corrected chi connectivity index (χ3v) is 3.91. The van der Waals surface area contributed by atoms with Crippen LogP contribution in [-0.4, -0.2) is 29.9 Å². The Morgan fingerprint density at radius 2 is 1.82 bits per heavy atom. The van der Waals surface area contributed by atoms with Gasteiger partial charge in [-0.15, -0.1) is 0 Å². The van der Waals surface area contributed by atoms with Crippen molar-refractivity contribution < 1.29 is 19.4 Å². The second-order valence-electron chi connectivity index (χ2n) is 5.04. The summed E-state index contributed by atoms with van der Waals surface area (Å²) in [5, 5.41) is 9.28. The maximum absolute atomic E-state index is 12.8. The van der Waals surface area contributed by atoms with Crippen LogP contribution in [0.25, 0.3) is 10.9 Å². The summed E-state index contributed by atoms with van der Waals surface area (Å²) >= 11 is 0. The third kappa shape index (κ3) is 2.52. The summed E-state index contributed by atoms with van der Waals surface area (Å²) < 4.78 is 12.5. The molecule has 0 atom stereocenters. The highest BCUT2D eigenvalue weighted by molar-refractivity contribution is 5.91. The molecule has 22 heavy (non-hydrogen) atoms. The zero-order valence-electron chi connectivity index (χ0n) is 13.1. The lowest BCUT2D eigenvalue weighted by Crippen LogP contribution is -2.19. The third-order valence-electron chi connectivity index (χ3n) is 3.91. The summed E-state index contributed by atoms with van der Waals surface area (Å²) in [5.41, 5.74) is 1.65. The molecule has 0 radical (unpaired) electrons. The number of carboxylic acids is 1. The molecule has 2 rings (SSSR count). The minimum Gasteiger partial charge on any atom is -0.496 e. The molecule has 6 nitrogen and oxygen atoms in total. The lowest BCUT2D eigenvalue weighted by Gasteiger charge is -2.18. The van der Waals surface area contributed by atoms with Crippen LogP contribution in [-0.2, 0) is 18.3 Å². The van der Waals surface area contributed by atoms with Crippen LogP contribution >= 0.6 is 0 Å². The maximum atomic E-state index is 12.8. The quantitative estimate of drug-likeness (QED) is 0.912. The Balaban J connectivity index is 2.86. The average molecular weight is 305 g/mol. The van der Waals surface area contributed by atoms with Crippen molar-refractivity contribution in [2.75, 3.05) is 14.2 Å². The number of hydrogen-bond acceptors (Lipinski definition) is 4. The molecule has 1 N–H and O–H groups in total. The molecule has 1 aromatic heterocycles. The van der Waals surface area contributed by atoms with Crippen LogP contribution in [0.2, 0.25) is 0 Å². The molecule has 1 heterocycles. The van der Waals surface area contributed by atoms with Gasteiger partial charge >= 0.3 is 5.97 Å². The van der Waals surface area contributed by atoms with Gasteiger partial charge in [-0.3, -0.25) is 9.59 Å². The largest absolute Gasteiger partial charge is 0.496 e. The molecule has 0 aliphatic carbocycles. The number of methoxy groups -OCH3 is 2. The van der Waals surface area contributed by atoms with Crippen LogP contribution in [0.1, 0.15) is 17.7 Å². The fourth-order valence-electron chi connectivity index (χ4n) is 2.65. The van der Waals surface area contributed by atoms with Crippen LogP contribution in [0.4, 0.5) is 0 Å². The number of hydrogen-bond donors (Lipinski definition) is 1. The second kappa shape index (κ2) is 6.09. The summed E-state index contributed by atoms with van der Waals surface area (Å²) in [6, 6.07) is 3.43. The van der Waals surface area contributed by atoms with E-state index in [0.717, 1.165) is 5.69 Å². The number of ether oxygens (including phenoxy) is 2. The van der Waals surface area contributed by atoms with Gasteiger partial charge in [-0.2, -0.15) is 0 Å². The van der Waals surface area contributed by atoms with Crippen molar-refractivity contribution in [3.8, 4) is 11.5 Å². The number of aromatic nitrogens is 1. The van der Waals surface area contributed by atoms with Gasteiger partial charge in [0.05, 0.1) is 25.1 Å². The van der Waals surface area contributed by atoms with Crippen molar-refractivity contribution in [1.29, 1.82) is 0 Å². The number of rotatable bonds is 5. The number of aliphatic carboxylic acids is 1. The van der Waals surface area contributed by atoms with Gasteiger partial charge in [0.25, 0.3) is 0 Å². The summed E-state index contributed by atoms with van der Waals surface area (Å²) in [5.74, 6) is 0.0930. The van der Waals surface area contributed by atoms with Crippen LogP contribution < -0.4 is 14.9 Å². The van der Waals surface area contributed by atoms with E-state index in [9.17, 15) is 9.59 Å². The van der Waals surface area contributed by atoms with E-state index in [4.69, 9.17) is 14.6 Å². The minimum atomic E-state index is -0.931. The average Bonchev–Trinajstić information content (AvgIpc) is 2.50. The molecule has 0 fully saturated rings. The fourth-order valence-corrected chi connectivity index (χ4v) is 2.65. The zero-order chi connectivity index (χ0) is 16.4. The Morgan fingerprint density at radius 3 is 2.36 bits per heavy atom. The van der Waals surface area contributed by atoms with Crippen molar-refractivity contribution in [2.45, 2.75) is 19.8 Å². The molecular weight excluding hydrogens is 286 g/mol. The fraction of sp³-hybridized carbons (Fsp3) is 0.375. The van der Waals surface area contributed by atoms with Gasteiger partial charge in [0.1, 0.15) is 11.5 Å². The number of benzene rings is 1. The lowest BCUT2D eigenvalue weighted by molar-refractivity contribution is -0.136. The second-order valence-corrected chi connectivity index (χ2v) is 5.04. The number of carboxylic acid groups (broad SMARTS) is 1. The summed E-state index contributed by atoms with van der Waals surface area (Å²) in [7, 11) is 4.86. The van der Waals surface area contributed by atoms with Crippen LogP contribution in [0.5, 0.6) is 11.5 Å². The van der Waals surface area contributed by atoms with Crippen molar-refractivity contribution >= 4 is 16.9 Å². The molecule has 1 aromatic carbocycles. The van der Waals surface area contributed by atoms with Crippen molar-refractivity contribution in [1.82, 2.24) is 4.57 Å². The topological polar surface area (TPSA) is 77.8 Å². The Morgan fingerprint density at radius 1 is 1.23 bits per heavy atom. The summed E-state index contributed by atoms with van der Waals surface area (Å²) in [6.45, 7) is 1.80. The molecule has 0 unspecified atom stereocenters. The number of carbonyl (C=O) groups is 1. The van der Waals surface area contributed by atoms with Gasteiger partial charge in [0.15, 0.2) is 5.43 Å². The van der Waals surface area contributed by atoms with Crippen molar-refractivity contribution in [3.05, 3.63) is 33.6 Å². The van der Waals surface area contributed by atoms with E-state index >= 15 is 0 Å². The van der Waals surface area contributed by atoms with E-state index in [1.165, 1.54) is 7.11 Å². The minimum absolute atomic E-state index is 0.0894. The standard InChI is InChI=1S/C16H19NO5/c1-9-10(5-8-13(18)19)16(20)14-11(21-3)6-7-12(22-4)15(14)17(9)2/h6-7H,5,8H2,1-4H3,(H,18,19). The molecule has 118 valence electrons. The molecular formula is C16H19NO5. The number of fused-ring (bicyclic) bond motifs is 1. The number of aryl methyl sites for hydroxylation is 1. The van der Waals surface area contributed by atoms with Gasteiger partial charge in [-0.05, 0) is 25.5 Å². The molecule has 2 aromatic rings. The van der Waals surface area contributed by atoms with Gasteiger partial charge in [-0.25, -0.2) is 0 Å². The van der Waals surface area contributed by atoms with Crippen LogP contribution in [0.15, 0.2) is 16.9 Å². The van der Waals surface area contributed by atoms with Crippen molar-refractivity contribution in [3.63, 3.8) is 0 Å². The van der Waals surface area contributed by atoms with E-state index in [2.05, 4.69) is 0 Å². The Hall–Kier alpha value is -2.50. The van der Waals surface area contributed by atoms with Crippen LogP contribution in [0, 0.1) is 6.92 Å². The molecule has 6 heteroatoms. The van der Waals surface area contributed by atoms with E-state index in [0.29, 0.717) is 28.0 Å². The molecule has 0 spiro atoms. The molecule has 0 saturated heterocycles. The first kappa shape index (κ1) is 15.9. The molecule has 0 aliphatic heterocycles. The monoisotopic (exact) mass is 305 g/mol. The first-order chi connectivity index (χ1) is 10.4. The summed E-state index contributed by atoms with van der Waals surface area (Å²) in [6.07, 6.45) is 0.0953.